The molecule has 0 atom stereocenters. The smallest absolute Gasteiger partial charge is 0.433 e. The first kappa shape index (κ1) is 29.4. The van der Waals surface area contributed by atoms with Crippen molar-refractivity contribution >= 4 is 22.4 Å². The molecule has 0 amide bonds. The number of hydrogen-bond acceptors (Lipinski definition) is 8. The van der Waals surface area contributed by atoms with Crippen LogP contribution < -0.4 is 9.64 Å². The van der Waals surface area contributed by atoms with Crippen molar-refractivity contribution in [3.63, 3.8) is 0 Å². The minimum absolute atomic E-state index is 0.0162. The molecule has 1 aliphatic heterocycles. The summed E-state index contributed by atoms with van der Waals surface area (Å²) in [6, 6.07) is 15.6. The fourth-order valence-electron chi connectivity index (χ4n) is 4.88. The number of rotatable bonds is 11. The van der Waals surface area contributed by atoms with Gasteiger partial charge < -0.3 is 14.4 Å². The fourth-order valence-corrected chi connectivity index (χ4v) is 4.88. The zero-order valence-electron chi connectivity index (χ0n) is 23.3. The first-order valence-electron chi connectivity index (χ1n) is 13.8. The Labute approximate surface area is 242 Å². The van der Waals surface area contributed by atoms with Crippen LogP contribution in [0.1, 0.15) is 23.2 Å². The van der Waals surface area contributed by atoms with E-state index < -0.39 is 11.9 Å². The maximum Gasteiger partial charge on any atom is 0.433 e. The molecule has 0 saturated carbocycles. The van der Waals surface area contributed by atoms with Gasteiger partial charge in [-0.25, -0.2) is 9.97 Å². The van der Waals surface area contributed by atoms with Crippen LogP contribution >= 0.6 is 0 Å². The normalized spacial score (nSPS) is 14.3. The molecule has 0 aliphatic carbocycles. The van der Waals surface area contributed by atoms with Gasteiger partial charge in [0.05, 0.1) is 17.5 Å². The number of alkyl halides is 3. The number of Topliss-reactive ketones (excluding diaryl/α,β-unsaturated/α-hetero) is 1. The zero-order chi connectivity index (χ0) is 29.5. The summed E-state index contributed by atoms with van der Waals surface area (Å²) in [4.78, 5) is 29.5. The lowest BCUT2D eigenvalue weighted by molar-refractivity contribution is -0.141. The van der Waals surface area contributed by atoms with E-state index in [1.54, 1.807) is 19.2 Å². The average Bonchev–Trinajstić information content (AvgIpc) is 3.00. The van der Waals surface area contributed by atoms with Crippen LogP contribution in [0.3, 0.4) is 0 Å². The Bertz CT molecular complexity index is 1490. The summed E-state index contributed by atoms with van der Waals surface area (Å²) in [5, 5.41) is 0.803. The SMILES string of the molecule is COCCN1CCN(c2ccc3c(Oc4ccc(CC(=O)CCc5ccc(C(F)(F)F)nc5)cc4)ncnc3c2)CC1. The van der Waals surface area contributed by atoms with Gasteiger partial charge in [-0.15, -0.1) is 0 Å². The van der Waals surface area contributed by atoms with Crippen molar-refractivity contribution in [2.75, 3.05) is 51.3 Å². The van der Waals surface area contributed by atoms with E-state index in [0.717, 1.165) is 67.6 Å². The highest BCUT2D eigenvalue weighted by molar-refractivity contribution is 5.86. The van der Waals surface area contributed by atoms with E-state index in [2.05, 4.69) is 36.9 Å². The molecule has 0 bridgehead atoms. The first-order valence-corrected chi connectivity index (χ1v) is 13.8. The van der Waals surface area contributed by atoms with Crippen LogP contribution in [-0.2, 0) is 28.5 Å². The molecule has 0 spiro atoms. The standard InChI is InChI=1S/C31H32F3N5O3/c1-41-17-16-38-12-14-39(15-13-38)24-6-10-27-28(19-24)36-21-37-30(27)42-26-8-3-22(4-9-26)18-25(40)7-2-23-5-11-29(35-20-23)31(32,33)34/h3-6,8-11,19-21H,2,7,12-18H2,1H3. The van der Waals surface area contributed by atoms with Gasteiger partial charge in [-0.2, -0.15) is 13.2 Å². The van der Waals surface area contributed by atoms with Crippen LogP contribution in [0.5, 0.6) is 11.6 Å². The van der Waals surface area contributed by atoms with Crippen molar-refractivity contribution in [1.29, 1.82) is 0 Å². The van der Waals surface area contributed by atoms with Crippen LogP contribution in [0.4, 0.5) is 18.9 Å². The summed E-state index contributed by atoms with van der Waals surface area (Å²) in [7, 11) is 1.72. The number of ether oxygens (including phenoxy) is 2. The minimum atomic E-state index is -4.48. The summed E-state index contributed by atoms with van der Waals surface area (Å²) in [5.41, 5.74) is 2.37. The van der Waals surface area contributed by atoms with Gasteiger partial charge in [0.1, 0.15) is 23.6 Å². The van der Waals surface area contributed by atoms with Gasteiger partial charge in [0.25, 0.3) is 0 Å². The quantitative estimate of drug-likeness (QED) is 0.235. The predicted molar refractivity (Wildman–Crippen MR) is 153 cm³/mol. The number of anilines is 1. The Morgan fingerprint density at radius 1 is 0.929 bits per heavy atom. The molecule has 2 aromatic carbocycles. The Balaban J connectivity index is 1.15. The number of methoxy groups -OCH3 is 1. The van der Waals surface area contributed by atoms with E-state index in [1.165, 1.54) is 18.6 Å². The third-order valence-electron chi connectivity index (χ3n) is 7.28. The second-order valence-corrected chi connectivity index (χ2v) is 10.2. The summed E-state index contributed by atoms with van der Waals surface area (Å²) in [6.07, 6.45) is -1.06. The number of aryl methyl sites for hydroxylation is 1. The molecule has 0 unspecified atom stereocenters. The number of benzene rings is 2. The number of fused-ring (bicyclic) bond motifs is 1. The number of ketones is 1. The third-order valence-corrected chi connectivity index (χ3v) is 7.28. The van der Waals surface area contributed by atoms with Crippen LogP contribution in [0.2, 0.25) is 0 Å². The highest BCUT2D eigenvalue weighted by atomic mass is 19.4. The van der Waals surface area contributed by atoms with Crippen molar-refractivity contribution in [3.8, 4) is 11.6 Å². The molecule has 0 N–H and O–H groups in total. The molecule has 4 aromatic rings. The number of carbonyl (C=O) groups excluding carboxylic acids is 1. The second kappa shape index (κ2) is 13.3. The van der Waals surface area contributed by atoms with Crippen LogP contribution in [0, 0.1) is 0 Å². The molecule has 5 rings (SSSR count). The van der Waals surface area contributed by atoms with Crippen LogP contribution in [-0.4, -0.2) is 72.1 Å². The van der Waals surface area contributed by atoms with E-state index in [4.69, 9.17) is 9.47 Å². The van der Waals surface area contributed by atoms with Crippen molar-refractivity contribution in [1.82, 2.24) is 19.9 Å². The van der Waals surface area contributed by atoms with Gasteiger partial charge >= 0.3 is 6.18 Å². The Morgan fingerprint density at radius 3 is 2.38 bits per heavy atom. The van der Waals surface area contributed by atoms with Gasteiger partial charge in [0.15, 0.2) is 0 Å². The maximum absolute atomic E-state index is 12.7. The van der Waals surface area contributed by atoms with Crippen molar-refractivity contribution in [3.05, 3.63) is 83.9 Å². The zero-order valence-corrected chi connectivity index (χ0v) is 23.3. The number of carbonyl (C=O) groups is 1. The largest absolute Gasteiger partial charge is 0.438 e. The predicted octanol–water partition coefficient (Wildman–Crippen LogP) is 5.35. The van der Waals surface area contributed by atoms with Gasteiger partial charge in [0, 0.05) is 64.6 Å². The second-order valence-electron chi connectivity index (χ2n) is 10.2. The lowest BCUT2D eigenvalue weighted by atomic mass is 10.0. The molecule has 11 heteroatoms. The fraction of sp³-hybridized carbons (Fsp3) is 0.355. The number of hydrogen-bond donors (Lipinski definition) is 0. The lowest BCUT2D eigenvalue weighted by Gasteiger charge is -2.36. The van der Waals surface area contributed by atoms with Gasteiger partial charge in [0.2, 0.25) is 5.88 Å². The van der Waals surface area contributed by atoms with Crippen LogP contribution in [0.25, 0.3) is 10.9 Å². The topological polar surface area (TPSA) is 80.7 Å². The molecule has 2 aromatic heterocycles. The molecule has 0 radical (unpaired) electrons. The summed E-state index contributed by atoms with van der Waals surface area (Å²) in [6.45, 7) is 5.52. The molecular weight excluding hydrogens is 547 g/mol. The summed E-state index contributed by atoms with van der Waals surface area (Å²) >= 11 is 0. The maximum atomic E-state index is 12.7. The lowest BCUT2D eigenvalue weighted by Crippen LogP contribution is -2.47. The van der Waals surface area contributed by atoms with E-state index in [0.29, 0.717) is 23.6 Å². The summed E-state index contributed by atoms with van der Waals surface area (Å²) in [5.74, 6) is 1.01. The highest BCUT2D eigenvalue weighted by Crippen LogP contribution is 2.30. The number of nitrogens with zero attached hydrogens (tertiary/aromatic N) is 5. The van der Waals surface area contributed by atoms with Gasteiger partial charge in [-0.05, 0) is 53.9 Å². The number of aromatic nitrogens is 3. The van der Waals surface area contributed by atoms with Crippen LogP contribution in [0.15, 0.2) is 67.1 Å². The molecule has 1 aliphatic rings. The number of pyridine rings is 1. The summed E-state index contributed by atoms with van der Waals surface area (Å²) < 4.78 is 49.3. The molecule has 220 valence electrons. The Hall–Kier alpha value is -4.09. The van der Waals surface area contributed by atoms with E-state index in [-0.39, 0.29) is 18.6 Å². The Morgan fingerprint density at radius 2 is 1.69 bits per heavy atom. The first-order chi connectivity index (χ1) is 20.3. The molecular formula is C31H32F3N5O3. The Kier molecular flexibility index (Phi) is 9.28. The van der Waals surface area contributed by atoms with E-state index in [9.17, 15) is 18.0 Å². The molecule has 1 fully saturated rings. The highest BCUT2D eigenvalue weighted by Gasteiger charge is 2.32. The van der Waals surface area contributed by atoms with Gasteiger partial charge in [-0.3, -0.25) is 14.7 Å². The monoisotopic (exact) mass is 579 g/mol. The van der Waals surface area contributed by atoms with Gasteiger partial charge in [-0.1, -0.05) is 18.2 Å². The number of piperazine rings is 1. The third kappa shape index (κ3) is 7.59. The molecule has 3 heterocycles. The van der Waals surface area contributed by atoms with E-state index >= 15 is 0 Å². The van der Waals surface area contributed by atoms with Crippen molar-refractivity contribution in [2.45, 2.75) is 25.4 Å². The molecule has 8 nitrogen and oxygen atoms in total. The molecule has 42 heavy (non-hydrogen) atoms. The average molecular weight is 580 g/mol. The van der Waals surface area contributed by atoms with Crippen molar-refractivity contribution < 1.29 is 27.4 Å². The van der Waals surface area contributed by atoms with Crippen molar-refractivity contribution in [2.24, 2.45) is 0 Å². The van der Waals surface area contributed by atoms with E-state index in [1.807, 2.05) is 18.2 Å². The molecule has 1 saturated heterocycles. The minimum Gasteiger partial charge on any atom is -0.438 e. The number of halogens is 3.